The molecule has 1 amide bonds. The third-order valence-electron chi connectivity index (χ3n) is 2.23. The van der Waals surface area contributed by atoms with E-state index < -0.39 is 0 Å². The van der Waals surface area contributed by atoms with E-state index in [1.165, 1.54) is 6.20 Å². The van der Waals surface area contributed by atoms with Gasteiger partial charge in [-0.15, -0.1) is 0 Å². The molecule has 0 aromatic carbocycles. The molecule has 0 aliphatic carbocycles. The van der Waals surface area contributed by atoms with Gasteiger partial charge in [0.25, 0.3) is 5.91 Å². The van der Waals surface area contributed by atoms with Crippen LogP contribution in [0.4, 0.5) is 5.82 Å². The third-order valence-corrected chi connectivity index (χ3v) is 2.23. The van der Waals surface area contributed by atoms with Gasteiger partial charge in [0.2, 0.25) is 0 Å². The SMILES string of the molecule is Nc1cc(C(=O)NCCn2cccn2)ccn1. The Bertz CT molecular complexity index is 494. The number of anilines is 1. The average molecular weight is 231 g/mol. The van der Waals surface area contributed by atoms with Gasteiger partial charge in [0, 0.05) is 30.7 Å². The van der Waals surface area contributed by atoms with Crippen LogP contribution in [-0.4, -0.2) is 27.2 Å². The van der Waals surface area contributed by atoms with E-state index in [9.17, 15) is 4.79 Å². The first-order valence-corrected chi connectivity index (χ1v) is 5.23. The number of pyridine rings is 1. The molecule has 0 spiro atoms. The quantitative estimate of drug-likeness (QED) is 0.792. The molecule has 0 fully saturated rings. The van der Waals surface area contributed by atoms with Crippen LogP contribution in [0.3, 0.4) is 0 Å². The van der Waals surface area contributed by atoms with E-state index in [4.69, 9.17) is 5.73 Å². The zero-order valence-electron chi connectivity index (χ0n) is 9.21. The largest absolute Gasteiger partial charge is 0.384 e. The fourth-order valence-electron chi connectivity index (χ4n) is 1.41. The summed E-state index contributed by atoms with van der Waals surface area (Å²) in [6.45, 7) is 1.15. The van der Waals surface area contributed by atoms with Gasteiger partial charge >= 0.3 is 0 Å². The highest BCUT2D eigenvalue weighted by atomic mass is 16.1. The molecule has 2 aromatic heterocycles. The Morgan fingerprint density at radius 1 is 1.47 bits per heavy atom. The third kappa shape index (κ3) is 3.04. The molecule has 2 rings (SSSR count). The van der Waals surface area contributed by atoms with Gasteiger partial charge in [0.15, 0.2) is 0 Å². The second kappa shape index (κ2) is 5.11. The molecule has 2 heterocycles. The van der Waals surface area contributed by atoms with E-state index in [-0.39, 0.29) is 5.91 Å². The number of nitrogens with two attached hydrogens (primary N) is 1. The van der Waals surface area contributed by atoms with Gasteiger partial charge in [0.05, 0.1) is 6.54 Å². The highest BCUT2D eigenvalue weighted by Gasteiger charge is 2.04. The van der Waals surface area contributed by atoms with Crippen molar-refractivity contribution in [3.63, 3.8) is 0 Å². The van der Waals surface area contributed by atoms with Gasteiger partial charge in [0.1, 0.15) is 5.82 Å². The van der Waals surface area contributed by atoms with Gasteiger partial charge in [-0.2, -0.15) is 5.10 Å². The summed E-state index contributed by atoms with van der Waals surface area (Å²) in [4.78, 5) is 15.5. The van der Waals surface area contributed by atoms with E-state index in [1.54, 1.807) is 23.0 Å². The summed E-state index contributed by atoms with van der Waals surface area (Å²) in [6.07, 6.45) is 5.06. The number of nitrogens with zero attached hydrogens (tertiary/aromatic N) is 3. The summed E-state index contributed by atoms with van der Waals surface area (Å²) in [5.41, 5.74) is 6.01. The van der Waals surface area contributed by atoms with E-state index in [1.807, 2.05) is 12.3 Å². The molecule has 0 atom stereocenters. The Hall–Kier alpha value is -2.37. The highest BCUT2D eigenvalue weighted by molar-refractivity contribution is 5.94. The van der Waals surface area contributed by atoms with E-state index in [0.29, 0.717) is 24.5 Å². The average Bonchev–Trinajstić information content (AvgIpc) is 2.82. The summed E-state index contributed by atoms with van der Waals surface area (Å²) < 4.78 is 1.75. The van der Waals surface area contributed by atoms with Crippen molar-refractivity contribution in [1.82, 2.24) is 20.1 Å². The second-order valence-electron chi connectivity index (χ2n) is 3.49. The number of hydrogen-bond acceptors (Lipinski definition) is 4. The van der Waals surface area contributed by atoms with Crippen molar-refractivity contribution in [1.29, 1.82) is 0 Å². The smallest absolute Gasteiger partial charge is 0.251 e. The summed E-state index contributed by atoms with van der Waals surface area (Å²) in [7, 11) is 0. The van der Waals surface area contributed by atoms with E-state index in [0.717, 1.165) is 0 Å². The minimum Gasteiger partial charge on any atom is -0.384 e. The molecule has 0 bridgehead atoms. The summed E-state index contributed by atoms with van der Waals surface area (Å²) in [5, 5.41) is 6.82. The molecular formula is C11H13N5O. The summed E-state index contributed by atoms with van der Waals surface area (Å²) in [5.74, 6) is 0.177. The Kier molecular flexibility index (Phi) is 3.34. The van der Waals surface area contributed by atoms with Crippen molar-refractivity contribution in [2.45, 2.75) is 6.54 Å². The zero-order chi connectivity index (χ0) is 12.1. The van der Waals surface area contributed by atoms with Crippen LogP contribution in [0.2, 0.25) is 0 Å². The maximum Gasteiger partial charge on any atom is 0.251 e. The normalized spacial score (nSPS) is 10.1. The number of nitrogen functional groups attached to an aromatic ring is 1. The number of carbonyl (C=O) groups is 1. The Balaban J connectivity index is 1.85. The van der Waals surface area contributed by atoms with Crippen LogP contribution in [0, 0.1) is 0 Å². The molecule has 6 nitrogen and oxygen atoms in total. The van der Waals surface area contributed by atoms with Crippen molar-refractivity contribution < 1.29 is 4.79 Å². The van der Waals surface area contributed by atoms with Crippen LogP contribution < -0.4 is 11.1 Å². The lowest BCUT2D eigenvalue weighted by atomic mass is 10.2. The molecule has 0 saturated heterocycles. The molecule has 3 N–H and O–H groups in total. The van der Waals surface area contributed by atoms with Crippen LogP contribution in [0.5, 0.6) is 0 Å². The lowest BCUT2D eigenvalue weighted by molar-refractivity contribution is 0.0952. The predicted octanol–water partition coefficient (Wildman–Crippen LogP) is 0.290. The Morgan fingerprint density at radius 3 is 3.06 bits per heavy atom. The molecule has 6 heteroatoms. The van der Waals surface area contributed by atoms with Gasteiger partial charge in [-0.05, 0) is 18.2 Å². The number of rotatable bonds is 4. The van der Waals surface area contributed by atoms with Gasteiger partial charge in [-0.25, -0.2) is 4.98 Å². The first kappa shape index (κ1) is 11.1. The van der Waals surface area contributed by atoms with Gasteiger partial charge < -0.3 is 11.1 Å². The number of amides is 1. The fraction of sp³-hybridized carbons (Fsp3) is 0.182. The standard InChI is InChI=1S/C11H13N5O/c12-10-8-9(2-4-13-10)11(17)14-5-7-16-6-1-3-15-16/h1-4,6,8H,5,7H2,(H2,12,13)(H,14,17). The minimum atomic E-state index is -0.161. The molecule has 0 aliphatic heterocycles. The van der Waals surface area contributed by atoms with Crippen LogP contribution >= 0.6 is 0 Å². The van der Waals surface area contributed by atoms with Crippen LogP contribution in [0.25, 0.3) is 0 Å². The molecule has 0 radical (unpaired) electrons. The minimum absolute atomic E-state index is 0.161. The van der Waals surface area contributed by atoms with Gasteiger partial charge in [-0.3, -0.25) is 9.48 Å². The Labute approximate surface area is 98.5 Å². The van der Waals surface area contributed by atoms with Crippen LogP contribution in [-0.2, 0) is 6.54 Å². The Morgan fingerprint density at radius 2 is 2.35 bits per heavy atom. The first-order valence-electron chi connectivity index (χ1n) is 5.23. The maximum absolute atomic E-state index is 11.7. The van der Waals surface area contributed by atoms with E-state index in [2.05, 4.69) is 15.4 Å². The number of hydrogen-bond donors (Lipinski definition) is 2. The first-order chi connectivity index (χ1) is 8.25. The molecule has 2 aromatic rings. The topological polar surface area (TPSA) is 85.8 Å². The van der Waals surface area contributed by atoms with Crippen molar-refractivity contribution in [3.8, 4) is 0 Å². The number of carbonyl (C=O) groups excluding carboxylic acids is 1. The molecule has 0 aliphatic rings. The summed E-state index contributed by atoms with van der Waals surface area (Å²) in [6, 6.07) is 5.01. The van der Waals surface area contributed by atoms with Gasteiger partial charge in [-0.1, -0.05) is 0 Å². The monoisotopic (exact) mass is 231 g/mol. The lowest BCUT2D eigenvalue weighted by Crippen LogP contribution is -2.27. The van der Waals surface area contributed by atoms with Crippen molar-refractivity contribution in [2.24, 2.45) is 0 Å². The zero-order valence-corrected chi connectivity index (χ0v) is 9.21. The molecule has 0 saturated carbocycles. The lowest BCUT2D eigenvalue weighted by Gasteiger charge is -2.05. The highest BCUT2D eigenvalue weighted by Crippen LogP contribution is 2.02. The van der Waals surface area contributed by atoms with E-state index >= 15 is 0 Å². The van der Waals surface area contributed by atoms with Crippen LogP contribution in [0.15, 0.2) is 36.8 Å². The molecule has 17 heavy (non-hydrogen) atoms. The summed E-state index contributed by atoms with van der Waals surface area (Å²) >= 11 is 0. The molecule has 0 unspecified atom stereocenters. The second-order valence-corrected chi connectivity index (χ2v) is 3.49. The van der Waals surface area contributed by atoms with Crippen LogP contribution in [0.1, 0.15) is 10.4 Å². The fourth-order valence-corrected chi connectivity index (χ4v) is 1.41. The predicted molar refractivity (Wildman–Crippen MR) is 63.2 cm³/mol. The number of aromatic nitrogens is 3. The molecular weight excluding hydrogens is 218 g/mol. The maximum atomic E-state index is 11.7. The van der Waals surface area contributed by atoms with Crippen molar-refractivity contribution in [2.75, 3.05) is 12.3 Å². The van der Waals surface area contributed by atoms with Crippen molar-refractivity contribution >= 4 is 11.7 Å². The van der Waals surface area contributed by atoms with Crippen molar-refractivity contribution in [3.05, 3.63) is 42.4 Å². The number of nitrogens with one attached hydrogen (secondary N) is 1. The molecule has 88 valence electrons.